The monoisotopic (exact) mass is 526 g/mol. The van der Waals surface area contributed by atoms with Gasteiger partial charge in [0.25, 0.3) is 0 Å². The molecule has 1 amide bonds. The van der Waals surface area contributed by atoms with E-state index in [1.807, 2.05) is 36.4 Å². The van der Waals surface area contributed by atoms with Crippen molar-refractivity contribution in [1.82, 2.24) is 10.6 Å². The minimum atomic E-state index is -0.700. The molecule has 2 unspecified atom stereocenters. The molecule has 4 nitrogen and oxygen atoms in total. The highest BCUT2D eigenvalue weighted by Gasteiger charge is 2.47. The van der Waals surface area contributed by atoms with Crippen LogP contribution in [0, 0.1) is 9.49 Å². The number of rotatable bonds is 8. The maximum atomic E-state index is 12.7. The molecule has 2 atom stereocenters. The van der Waals surface area contributed by atoms with Gasteiger partial charge in [0.05, 0.1) is 12.1 Å². The van der Waals surface area contributed by atoms with E-state index in [1.165, 1.54) is 0 Å². The lowest BCUT2D eigenvalue weighted by Gasteiger charge is -2.45. The smallest absolute Gasteiger partial charge is 0.243 e. The Morgan fingerprint density at radius 2 is 1.42 bits per heavy atom. The van der Waals surface area contributed by atoms with E-state index in [0.717, 1.165) is 20.3 Å². The van der Waals surface area contributed by atoms with Gasteiger partial charge in [0.1, 0.15) is 6.04 Å². The molecule has 0 saturated carbocycles. The van der Waals surface area contributed by atoms with E-state index in [2.05, 4.69) is 95.6 Å². The van der Waals surface area contributed by atoms with Crippen LogP contribution in [0.2, 0.25) is 0 Å². The molecule has 1 aliphatic rings. The zero-order chi connectivity index (χ0) is 21.8. The van der Waals surface area contributed by atoms with Crippen molar-refractivity contribution in [2.45, 2.75) is 31.7 Å². The van der Waals surface area contributed by atoms with Gasteiger partial charge < -0.3 is 10.1 Å². The highest BCUT2D eigenvalue weighted by molar-refractivity contribution is 14.1. The number of hydrogen-bond acceptors (Lipinski definition) is 3. The number of ether oxygens (including phenoxy) is 1. The molecule has 0 spiro atoms. The molecule has 3 aromatic rings. The van der Waals surface area contributed by atoms with Gasteiger partial charge in [0.15, 0.2) is 6.23 Å². The lowest BCUT2D eigenvalue weighted by molar-refractivity contribution is -0.149. The molecular weight excluding hydrogens is 499 g/mol. The minimum Gasteiger partial charge on any atom is -0.356 e. The summed E-state index contributed by atoms with van der Waals surface area (Å²) in [5, 5.41) is 6.63. The Kier molecular flexibility index (Phi) is 6.74. The largest absolute Gasteiger partial charge is 0.356 e. The predicted octanol–water partition coefficient (Wildman–Crippen LogP) is 4.67. The number of benzene rings is 3. The third-order valence-corrected chi connectivity index (χ3v) is 6.26. The van der Waals surface area contributed by atoms with Gasteiger partial charge in [-0.2, -0.15) is 0 Å². The van der Waals surface area contributed by atoms with Crippen LogP contribution in [-0.4, -0.2) is 24.8 Å². The third-order valence-electron chi connectivity index (χ3n) is 5.54. The fourth-order valence-corrected chi connectivity index (χ4v) is 4.35. The maximum absolute atomic E-state index is 12.7. The molecule has 31 heavy (non-hydrogen) atoms. The molecule has 5 heteroatoms. The van der Waals surface area contributed by atoms with Gasteiger partial charge in [-0.25, -0.2) is 0 Å². The summed E-state index contributed by atoms with van der Waals surface area (Å²) in [6.07, 6.45) is -0.356. The summed E-state index contributed by atoms with van der Waals surface area (Å²) in [7, 11) is 0. The van der Waals surface area contributed by atoms with Crippen molar-refractivity contribution < 1.29 is 9.53 Å². The normalized spacial score (nSPS) is 18.5. The molecule has 1 heterocycles. The highest BCUT2D eigenvalue weighted by atomic mass is 127. The van der Waals surface area contributed by atoms with E-state index < -0.39 is 11.6 Å². The van der Waals surface area contributed by atoms with Crippen molar-refractivity contribution in [2.75, 3.05) is 6.61 Å². The molecule has 0 bridgehead atoms. The lowest BCUT2D eigenvalue weighted by Crippen LogP contribution is -2.72. The SMILES string of the molecule is CC(C)COC1NC(=O)C1NC(c1ccccc1)(c1ccccc1)c1ccc(I)cc1. The van der Waals surface area contributed by atoms with E-state index in [4.69, 9.17) is 4.74 Å². The van der Waals surface area contributed by atoms with E-state index in [-0.39, 0.29) is 12.1 Å². The van der Waals surface area contributed by atoms with Crippen LogP contribution in [0.15, 0.2) is 84.9 Å². The van der Waals surface area contributed by atoms with Crippen molar-refractivity contribution in [1.29, 1.82) is 0 Å². The van der Waals surface area contributed by atoms with E-state index >= 15 is 0 Å². The quantitative estimate of drug-likeness (QED) is 0.255. The van der Waals surface area contributed by atoms with Crippen LogP contribution in [0.5, 0.6) is 0 Å². The Balaban J connectivity index is 1.84. The van der Waals surface area contributed by atoms with Gasteiger partial charge in [-0.15, -0.1) is 0 Å². The number of halogens is 1. The fraction of sp³-hybridized carbons (Fsp3) is 0.269. The molecule has 1 fully saturated rings. The van der Waals surface area contributed by atoms with Gasteiger partial charge in [-0.05, 0) is 57.3 Å². The highest BCUT2D eigenvalue weighted by Crippen LogP contribution is 2.38. The zero-order valence-electron chi connectivity index (χ0n) is 17.7. The van der Waals surface area contributed by atoms with Gasteiger partial charge in [0, 0.05) is 3.57 Å². The standard InChI is InChI=1S/C26H27IN2O2/c1-18(2)17-31-25-23(24(30)28-25)29-26(19-9-5-3-6-10-19,20-11-7-4-8-12-20)21-13-15-22(27)16-14-21/h3-16,18,23,25,29H,17H2,1-2H3,(H,28,30). The Bertz CT molecular complexity index is 967. The van der Waals surface area contributed by atoms with Crippen LogP contribution in [0.1, 0.15) is 30.5 Å². The summed E-state index contributed by atoms with van der Waals surface area (Å²) in [6, 6.07) is 28.6. The topological polar surface area (TPSA) is 50.4 Å². The Hall–Kier alpha value is -2.22. The fourth-order valence-electron chi connectivity index (χ4n) is 3.99. The van der Waals surface area contributed by atoms with E-state index in [1.54, 1.807) is 0 Å². The first-order valence-electron chi connectivity index (χ1n) is 10.6. The van der Waals surface area contributed by atoms with Crippen molar-refractivity contribution in [3.63, 3.8) is 0 Å². The molecule has 2 N–H and O–H groups in total. The summed E-state index contributed by atoms with van der Waals surface area (Å²) in [5.74, 6) is 0.345. The van der Waals surface area contributed by atoms with E-state index in [9.17, 15) is 4.79 Å². The van der Waals surface area contributed by atoms with Crippen LogP contribution in [0.3, 0.4) is 0 Å². The van der Waals surface area contributed by atoms with Crippen molar-refractivity contribution >= 4 is 28.5 Å². The van der Waals surface area contributed by atoms with Crippen LogP contribution in [0.25, 0.3) is 0 Å². The third kappa shape index (κ3) is 4.54. The molecule has 160 valence electrons. The second-order valence-electron chi connectivity index (χ2n) is 8.27. The average molecular weight is 526 g/mol. The molecule has 0 radical (unpaired) electrons. The van der Waals surface area contributed by atoms with Gasteiger partial charge in [0.2, 0.25) is 5.91 Å². The average Bonchev–Trinajstić information content (AvgIpc) is 2.79. The first-order valence-corrected chi connectivity index (χ1v) is 11.7. The van der Waals surface area contributed by atoms with Crippen LogP contribution >= 0.6 is 22.6 Å². The van der Waals surface area contributed by atoms with Gasteiger partial charge in [-0.1, -0.05) is 86.6 Å². The van der Waals surface area contributed by atoms with Crippen LogP contribution in [0.4, 0.5) is 0 Å². The first kappa shape index (κ1) is 22.0. The number of carbonyl (C=O) groups is 1. The number of carbonyl (C=O) groups excluding carboxylic acids is 1. The second kappa shape index (κ2) is 9.51. The molecule has 4 rings (SSSR count). The molecule has 0 aromatic heterocycles. The van der Waals surface area contributed by atoms with Crippen LogP contribution in [-0.2, 0) is 15.1 Å². The van der Waals surface area contributed by atoms with Gasteiger partial charge in [-0.3, -0.25) is 10.1 Å². The Morgan fingerprint density at radius 1 is 0.903 bits per heavy atom. The van der Waals surface area contributed by atoms with E-state index in [0.29, 0.717) is 12.5 Å². The predicted molar refractivity (Wildman–Crippen MR) is 132 cm³/mol. The van der Waals surface area contributed by atoms with Crippen LogP contribution < -0.4 is 10.6 Å². The number of nitrogens with one attached hydrogen (secondary N) is 2. The maximum Gasteiger partial charge on any atom is 0.243 e. The zero-order valence-corrected chi connectivity index (χ0v) is 19.9. The van der Waals surface area contributed by atoms with Crippen molar-refractivity contribution in [3.8, 4) is 0 Å². The second-order valence-corrected chi connectivity index (χ2v) is 9.51. The number of hydrogen-bond donors (Lipinski definition) is 2. The summed E-state index contributed by atoms with van der Waals surface area (Å²) in [6.45, 7) is 4.80. The number of amides is 1. The van der Waals surface area contributed by atoms with Crippen molar-refractivity contribution in [2.24, 2.45) is 5.92 Å². The van der Waals surface area contributed by atoms with Gasteiger partial charge >= 0.3 is 0 Å². The summed E-state index contributed by atoms with van der Waals surface area (Å²) >= 11 is 2.32. The Morgan fingerprint density at radius 3 is 1.90 bits per heavy atom. The summed E-state index contributed by atoms with van der Waals surface area (Å²) < 4.78 is 7.16. The number of β-lactam (4-membered cyclic amide) rings is 1. The summed E-state index contributed by atoms with van der Waals surface area (Å²) in [4.78, 5) is 12.7. The lowest BCUT2D eigenvalue weighted by atomic mass is 9.76. The minimum absolute atomic E-state index is 0.0458. The first-order chi connectivity index (χ1) is 15.0. The molecular formula is C26H27IN2O2. The van der Waals surface area contributed by atoms with Crippen molar-refractivity contribution in [3.05, 3.63) is 105 Å². The molecule has 3 aromatic carbocycles. The summed E-state index contributed by atoms with van der Waals surface area (Å²) in [5.41, 5.74) is 2.52. The molecule has 0 aliphatic carbocycles. The molecule has 1 aliphatic heterocycles. The molecule has 1 saturated heterocycles. The Labute approximate surface area is 197 Å².